The Labute approximate surface area is 146 Å². The van der Waals surface area contributed by atoms with Gasteiger partial charge in [-0.15, -0.1) is 0 Å². The molecule has 0 fully saturated rings. The van der Waals surface area contributed by atoms with Crippen LogP contribution in [0.25, 0.3) is 6.08 Å². The number of benzene rings is 2. The molecule has 0 unspecified atom stereocenters. The molecule has 0 aromatic heterocycles. The summed E-state index contributed by atoms with van der Waals surface area (Å²) in [5, 5.41) is 11.2. The van der Waals surface area contributed by atoms with Gasteiger partial charge in [-0.2, -0.15) is 0 Å². The van der Waals surface area contributed by atoms with Crippen LogP contribution in [-0.4, -0.2) is 24.5 Å². The summed E-state index contributed by atoms with van der Waals surface area (Å²) in [5.74, 6) is 1.28. The topological polar surface area (TPSA) is 106 Å². The molecule has 0 saturated heterocycles. The molecule has 9 nitrogen and oxygen atoms in total. The second-order valence-electron chi connectivity index (χ2n) is 5.29. The fourth-order valence-electron chi connectivity index (χ4n) is 2.49. The maximum atomic E-state index is 12.0. The Balaban J connectivity index is 1.52. The Hall–Kier alpha value is -3.75. The number of carbonyl (C=O) groups excluding carboxylic acids is 1. The third-order valence-corrected chi connectivity index (χ3v) is 3.68. The molecule has 26 heavy (non-hydrogen) atoms. The van der Waals surface area contributed by atoms with Gasteiger partial charge in [0, 0.05) is 12.1 Å². The first-order valence-corrected chi connectivity index (χ1v) is 7.48. The smallest absolute Gasteiger partial charge is 0.336 e. The fraction of sp³-hybridized carbons (Fsp3) is 0.118. The van der Waals surface area contributed by atoms with Crippen molar-refractivity contribution in [2.45, 2.75) is 0 Å². The molecule has 9 heteroatoms. The number of hydrogen-bond acceptors (Lipinski definition) is 8. The van der Waals surface area contributed by atoms with Crippen LogP contribution in [0.15, 0.2) is 36.4 Å². The Morgan fingerprint density at radius 3 is 2.38 bits per heavy atom. The van der Waals surface area contributed by atoms with Crippen molar-refractivity contribution >= 4 is 17.7 Å². The zero-order valence-electron chi connectivity index (χ0n) is 13.2. The van der Waals surface area contributed by atoms with E-state index in [-0.39, 0.29) is 36.3 Å². The summed E-state index contributed by atoms with van der Waals surface area (Å²) in [6.07, 6.45) is 2.38. The second kappa shape index (κ2) is 6.28. The summed E-state index contributed by atoms with van der Waals surface area (Å²) in [4.78, 5) is 22.6. The van der Waals surface area contributed by atoms with Gasteiger partial charge >= 0.3 is 5.97 Å². The number of esters is 1. The van der Waals surface area contributed by atoms with Crippen LogP contribution in [0.1, 0.15) is 5.56 Å². The van der Waals surface area contributed by atoms with E-state index in [0.29, 0.717) is 17.2 Å². The van der Waals surface area contributed by atoms with Crippen LogP contribution < -0.4 is 23.7 Å². The van der Waals surface area contributed by atoms with Crippen LogP contribution in [0.2, 0.25) is 0 Å². The summed E-state index contributed by atoms with van der Waals surface area (Å²) in [6, 6.07) is 7.40. The van der Waals surface area contributed by atoms with Gasteiger partial charge < -0.3 is 23.7 Å². The lowest BCUT2D eigenvalue weighted by molar-refractivity contribution is -0.385. The largest absolute Gasteiger partial charge is 0.454 e. The first-order valence-electron chi connectivity index (χ1n) is 7.48. The van der Waals surface area contributed by atoms with Gasteiger partial charge in [-0.3, -0.25) is 10.1 Å². The van der Waals surface area contributed by atoms with Crippen molar-refractivity contribution in [1.82, 2.24) is 0 Å². The molecule has 0 N–H and O–H groups in total. The van der Waals surface area contributed by atoms with E-state index in [1.165, 1.54) is 24.3 Å². The normalized spacial score (nSPS) is 13.8. The number of ether oxygens (including phenoxy) is 5. The number of fused-ring (bicyclic) bond motifs is 2. The van der Waals surface area contributed by atoms with Crippen molar-refractivity contribution in [3.63, 3.8) is 0 Å². The highest BCUT2D eigenvalue weighted by Crippen LogP contribution is 2.38. The van der Waals surface area contributed by atoms with Crippen molar-refractivity contribution in [3.8, 4) is 28.7 Å². The van der Waals surface area contributed by atoms with Crippen molar-refractivity contribution in [3.05, 3.63) is 52.1 Å². The number of rotatable bonds is 4. The molecule has 0 atom stereocenters. The number of nitro groups is 1. The zero-order valence-corrected chi connectivity index (χ0v) is 13.2. The highest BCUT2D eigenvalue weighted by molar-refractivity contribution is 5.89. The van der Waals surface area contributed by atoms with Crippen LogP contribution in [0, 0.1) is 10.1 Å². The highest BCUT2D eigenvalue weighted by atomic mass is 16.7. The third-order valence-electron chi connectivity index (χ3n) is 3.68. The van der Waals surface area contributed by atoms with Crippen LogP contribution in [0.5, 0.6) is 28.7 Å². The van der Waals surface area contributed by atoms with Gasteiger partial charge in [0.25, 0.3) is 5.69 Å². The molecule has 132 valence electrons. The van der Waals surface area contributed by atoms with Crippen molar-refractivity contribution in [1.29, 1.82) is 0 Å². The van der Waals surface area contributed by atoms with Gasteiger partial charge in [0.05, 0.1) is 16.6 Å². The molecule has 0 bridgehead atoms. The molecule has 0 radical (unpaired) electrons. The molecule has 0 saturated carbocycles. The Morgan fingerprint density at radius 2 is 1.65 bits per heavy atom. The number of nitro benzene ring substituents is 1. The Morgan fingerprint density at radius 1 is 1.00 bits per heavy atom. The highest BCUT2D eigenvalue weighted by Gasteiger charge is 2.22. The van der Waals surface area contributed by atoms with E-state index < -0.39 is 10.9 Å². The average Bonchev–Trinajstić information content (AvgIpc) is 3.26. The summed E-state index contributed by atoms with van der Waals surface area (Å²) in [6.45, 7) is 0.103. The average molecular weight is 357 g/mol. The molecule has 2 heterocycles. The minimum atomic E-state index is -0.698. The lowest BCUT2D eigenvalue weighted by atomic mass is 10.1. The molecule has 2 aliphatic rings. The first-order chi connectivity index (χ1) is 12.6. The summed E-state index contributed by atoms with van der Waals surface area (Å²) in [5.41, 5.74) is -0.0109. The Kier molecular flexibility index (Phi) is 3.81. The first kappa shape index (κ1) is 15.8. The van der Waals surface area contributed by atoms with E-state index in [0.717, 1.165) is 6.08 Å². The van der Waals surface area contributed by atoms with E-state index in [2.05, 4.69) is 0 Å². The van der Waals surface area contributed by atoms with Gasteiger partial charge in [-0.05, 0) is 24.3 Å². The predicted octanol–water partition coefficient (Wildman–Crippen LogP) is 2.67. The van der Waals surface area contributed by atoms with E-state index in [1.807, 2.05) is 0 Å². The summed E-state index contributed by atoms with van der Waals surface area (Å²) in [7, 11) is 0. The van der Waals surface area contributed by atoms with Crippen molar-refractivity contribution < 1.29 is 33.4 Å². The molecule has 2 aromatic rings. The standard InChI is InChI=1S/C17H11NO8/c19-17(26-11-2-3-13-15(6-11)24-8-22-13)4-1-10-5-14-16(25-9-23-14)7-12(10)18(20)21/h1-7H,8-9H2/b4-1+. The lowest BCUT2D eigenvalue weighted by Crippen LogP contribution is -2.03. The van der Waals surface area contributed by atoms with Gasteiger partial charge in [0.1, 0.15) is 5.75 Å². The molecule has 0 amide bonds. The second-order valence-corrected chi connectivity index (χ2v) is 5.29. The molecule has 2 aliphatic heterocycles. The number of nitrogens with zero attached hydrogens (tertiary/aromatic N) is 1. The van der Waals surface area contributed by atoms with Gasteiger partial charge in [-0.1, -0.05) is 0 Å². The van der Waals surface area contributed by atoms with Gasteiger partial charge in [0.15, 0.2) is 23.0 Å². The molecule has 0 aliphatic carbocycles. The number of carbonyl (C=O) groups is 1. The fourth-order valence-corrected chi connectivity index (χ4v) is 2.49. The third kappa shape index (κ3) is 2.97. The minimum Gasteiger partial charge on any atom is -0.454 e. The van der Waals surface area contributed by atoms with Crippen LogP contribution in [-0.2, 0) is 4.79 Å². The molecule has 0 spiro atoms. The Bertz CT molecular complexity index is 937. The molecule has 2 aromatic carbocycles. The van der Waals surface area contributed by atoms with Crippen LogP contribution in [0.3, 0.4) is 0 Å². The molecule has 4 rings (SSSR count). The van der Waals surface area contributed by atoms with Crippen LogP contribution in [0.4, 0.5) is 5.69 Å². The molecular weight excluding hydrogens is 346 g/mol. The lowest BCUT2D eigenvalue weighted by Gasteiger charge is -2.03. The van der Waals surface area contributed by atoms with Gasteiger partial charge in [-0.25, -0.2) is 4.79 Å². The maximum Gasteiger partial charge on any atom is 0.336 e. The monoisotopic (exact) mass is 357 g/mol. The maximum absolute atomic E-state index is 12.0. The minimum absolute atomic E-state index is 0.00812. The zero-order chi connectivity index (χ0) is 18.1. The molecular formula is C17H11NO8. The van der Waals surface area contributed by atoms with Gasteiger partial charge in [0.2, 0.25) is 13.6 Å². The quantitative estimate of drug-likeness (QED) is 0.270. The van der Waals surface area contributed by atoms with Crippen LogP contribution >= 0.6 is 0 Å². The summed E-state index contributed by atoms with van der Waals surface area (Å²) < 4.78 is 25.9. The van der Waals surface area contributed by atoms with E-state index in [1.54, 1.807) is 12.1 Å². The van der Waals surface area contributed by atoms with Crippen molar-refractivity contribution in [2.24, 2.45) is 0 Å². The predicted molar refractivity (Wildman–Crippen MR) is 86.5 cm³/mol. The van der Waals surface area contributed by atoms with E-state index in [9.17, 15) is 14.9 Å². The van der Waals surface area contributed by atoms with E-state index >= 15 is 0 Å². The van der Waals surface area contributed by atoms with E-state index in [4.69, 9.17) is 23.7 Å². The SMILES string of the molecule is O=C(/C=C/c1cc2c(cc1[N+](=O)[O-])OCO2)Oc1ccc2c(c1)OCO2. The number of hydrogen-bond donors (Lipinski definition) is 0. The summed E-state index contributed by atoms with van der Waals surface area (Å²) >= 11 is 0. The van der Waals surface area contributed by atoms with Crippen molar-refractivity contribution in [2.75, 3.05) is 13.6 Å².